The number of hydrogen-bond donors (Lipinski definition) is 2. The Morgan fingerprint density at radius 1 is 1.60 bits per heavy atom. The van der Waals surface area contributed by atoms with Crippen LogP contribution in [0.15, 0.2) is 22.6 Å². The maximum atomic E-state index is 9.00. The molecule has 5 heteroatoms. The van der Waals surface area contributed by atoms with Crippen LogP contribution in [0.2, 0.25) is 0 Å². The summed E-state index contributed by atoms with van der Waals surface area (Å²) in [5.74, 6) is 0. The van der Waals surface area contributed by atoms with E-state index in [4.69, 9.17) is 20.0 Å². The monoisotopic (exact) mass is 208 g/mol. The summed E-state index contributed by atoms with van der Waals surface area (Å²) in [5.41, 5.74) is 7.73. The molecule has 0 aliphatic carbocycles. The average Bonchev–Trinajstić information content (AvgIpc) is 2.70. The van der Waals surface area contributed by atoms with Gasteiger partial charge in [-0.3, -0.25) is 0 Å². The highest BCUT2D eigenvalue weighted by Crippen LogP contribution is 2.26. The van der Waals surface area contributed by atoms with Crippen molar-refractivity contribution in [1.29, 1.82) is 0 Å². The number of nitrogens with two attached hydrogens (primary N) is 1. The summed E-state index contributed by atoms with van der Waals surface area (Å²) in [6.45, 7) is -0.131. The van der Waals surface area contributed by atoms with Gasteiger partial charge in [0.05, 0.1) is 19.8 Å². The van der Waals surface area contributed by atoms with Gasteiger partial charge in [0, 0.05) is 5.56 Å². The molecule has 0 radical (unpaired) electrons. The fourth-order valence-electron chi connectivity index (χ4n) is 1.43. The second kappa shape index (κ2) is 3.88. The van der Waals surface area contributed by atoms with Crippen molar-refractivity contribution in [2.24, 2.45) is 5.73 Å². The van der Waals surface area contributed by atoms with Crippen LogP contribution in [0.1, 0.15) is 11.6 Å². The number of para-hydroxylation sites is 1. The minimum Gasteiger partial charge on any atom is -0.453 e. The third-order valence-electron chi connectivity index (χ3n) is 2.20. The molecule has 80 valence electrons. The number of aromatic nitrogens is 1. The van der Waals surface area contributed by atoms with Gasteiger partial charge in [-0.25, -0.2) is 0 Å². The van der Waals surface area contributed by atoms with E-state index in [9.17, 15) is 0 Å². The summed E-state index contributed by atoms with van der Waals surface area (Å²) < 4.78 is 10.2. The first-order valence-corrected chi connectivity index (χ1v) is 4.56. The smallest absolute Gasteiger partial charge is 0.394 e. The van der Waals surface area contributed by atoms with Crippen LogP contribution in [-0.2, 0) is 0 Å². The molecule has 0 amide bonds. The van der Waals surface area contributed by atoms with E-state index in [0.29, 0.717) is 11.1 Å². The first kappa shape index (κ1) is 9.95. The first-order chi connectivity index (χ1) is 7.26. The summed E-state index contributed by atoms with van der Waals surface area (Å²) in [6.07, 6.45) is 0.197. The lowest BCUT2D eigenvalue weighted by Crippen LogP contribution is -2.14. The summed E-state index contributed by atoms with van der Waals surface area (Å²) in [6, 6.07) is 4.94. The van der Waals surface area contributed by atoms with Gasteiger partial charge in [-0.1, -0.05) is 12.1 Å². The lowest BCUT2D eigenvalue weighted by Gasteiger charge is -2.07. The summed E-state index contributed by atoms with van der Waals surface area (Å²) >= 11 is 0. The lowest BCUT2D eigenvalue weighted by atomic mass is 10.1. The molecule has 0 fully saturated rings. The highest BCUT2D eigenvalue weighted by atomic mass is 16.6. The molecule has 0 spiro atoms. The third kappa shape index (κ3) is 1.67. The molecular formula is C10H12N2O3. The predicted molar refractivity (Wildman–Crippen MR) is 54.6 cm³/mol. The largest absolute Gasteiger partial charge is 0.453 e. The Hall–Kier alpha value is -1.59. The van der Waals surface area contributed by atoms with Crippen molar-refractivity contribution in [2.75, 3.05) is 13.7 Å². The molecule has 2 aromatic rings. The minimum absolute atomic E-state index is 0.131. The van der Waals surface area contributed by atoms with Gasteiger partial charge >= 0.3 is 6.08 Å². The fourth-order valence-corrected chi connectivity index (χ4v) is 1.43. The Balaban J connectivity index is 2.59. The minimum atomic E-state index is -0.455. The van der Waals surface area contributed by atoms with Gasteiger partial charge in [0.15, 0.2) is 5.58 Å². The van der Waals surface area contributed by atoms with Gasteiger partial charge in [0.25, 0.3) is 0 Å². The van der Waals surface area contributed by atoms with Gasteiger partial charge in [-0.2, -0.15) is 4.98 Å². The lowest BCUT2D eigenvalue weighted by molar-refractivity contribution is 0.268. The van der Waals surface area contributed by atoms with Crippen molar-refractivity contribution in [3.05, 3.63) is 23.8 Å². The molecule has 5 nitrogen and oxygen atoms in total. The standard InChI is InChI=1S/C10H12N2O3/c1-14-10-12-9-6(7(11)5-13)3-2-4-8(9)15-10/h2-4,7,13H,5,11H2,1H3. The number of hydrogen-bond acceptors (Lipinski definition) is 5. The number of fused-ring (bicyclic) bond motifs is 1. The Morgan fingerprint density at radius 2 is 2.40 bits per heavy atom. The zero-order chi connectivity index (χ0) is 10.8. The van der Waals surface area contributed by atoms with E-state index in [1.54, 1.807) is 12.1 Å². The Bertz CT molecular complexity index is 467. The zero-order valence-corrected chi connectivity index (χ0v) is 8.30. The van der Waals surface area contributed by atoms with E-state index in [0.717, 1.165) is 5.56 Å². The first-order valence-electron chi connectivity index (χ1n) is 4.56. The van der Waals surface area contributed by atoms with Gasteiger partial charge in [-0.05, 0) is 6.07 Å². The Kier molecular flexibility index (Phi) is 2.57. The number of benzene rings is 1. The van der Waals surface area contributed by atoms with Gasteiger partial charge in [0.1, 0.15) is 5.52 Å². The molecule has 0 saturated carbocycles. The molecule has 1 atom stereocenters. The van der Waals surface area contributed by atoms with E-state index >= 15 is 0 Å². The molecule has 15 heavy (non-hydrogen) atoms. The van der Waals surface area contributed by atoms with Crippen molar-refractivity contribution in [1.82, 2.24) is 4.98 Å². The highest BCUT2D eigenvalue weighted by molar-refractivity contribution is 5.77. The SMILES string of the molecule is COc1nc2c(C(N)CO)cccc2o1. The van der Waals surface area contributed by atoms with Crippen molar-refractivity contribution in [3.8, 4) is 6.08 Å². The van der Waals surface area contributed by atoms with Crippen molar-refractivity contribution in [2.45, 2.75) is 6.04 Å². The van der Waals surface area contributed by atoms with Crippen LogP contribution in [0.4, 0.5) is 0 Å². The molecular weight excluding hydrogens is 196 g/mol. The highest BCUT2D eigenvalue weighted by Gasteiger charge is 2.14. The van der Waals surface area contributed by atoms with E-state index in [-0.39, 0.29) is 12.7 Å². The normalized spacial score (nSPS) is 13.0. The number of nitrogens with zero attached hydrogens (tertiary/aromatic N) is 1. The predicted octanol–water partition coefficient (Wildman–Crippen LogP) is 0.829. The van der Waals surface area contributed by atoms with Crippen molar-refractivity contribution < 1.29 is 14.3 Å². The Morgan fingerprint density at radius 3 is 3.07 bits per heavy atom. The molecule has 1 aromatic heterocycles. The molecule has 2 rings (SSSR count). The molecule has 1 unspecified atom stereocenters. The van der Waals surface area contributed by atoms with Crippen LogP contribution in [0.5, 0.6) is 6.08 Å². The van der Waals surface area contributed by atoms with Gasteiger partial charge < -0.3 is 20.0 Å². The van der Waals surface area contributed by atoms with E-state index in [1.165, 1.54) is 7.11 Å². The third-order valence-corrected chi connectivity index (χ3v) is 2.20. The summed E-state index contributed by atoms with van der Waals surface area (Å²) in [5, 5.41) is 9.00. The fraction of sp³-hybridized carbons (Fsp3) is 0.300. The van der Waals surface area contributed by atoms with Crippen LogP contribution in [0.3, 0.4) is 0 Å². The van der Waals surface area contributed by atoms with Crippen LogP contribution < -0.4 is 10.5 Å². The van der Waals surface area contributed by atoms with Crippen LogP contribution >= 0.6 is 0 Å². The maximum absolute atomic E-state index is 9.00. The van der Waals surface area contributed by atoms with Crippen LogP contribution in [-0.4, -0.2) is 23.8 Å². The van der Waals surface area contributed by atoms with Gasteiger partial charge in [-0.15, -0.1) is 0 Å². The second-order valence-electron chi connectivity index (χ2n) is 3.17. The van der Waals surface area contributed by atoms with Crippen LogP contribution in [0.25, 0.3) is 11.1 Å². The van der Waals surface area contributed by atoms with E-state index in [2.05, 4.69) is 4.98 Å². The molecule has 0 bridgehead atoms. The number of oxazole rings is 1. The number of methoxy groups -OCH3 is 1. The number of rotatable bonds is 3. The number of aliphatic hydroxyl groups excluding tert-OH is 1. The average molecular weight is 208 g/mol. The number of ether oxygens (including phenoxy) is 1. The molecule has 3 N–H and O–H groups in total. The molecule has 1 heterocycles. The summed E-state index contributed by atoms with van der Waals surface area (Å²) in [7, 11) is 1.48. The van der Waals surface area contributed by atoms with Crippen molar-refractivity contribution in [3.63, 3.8) is 0 Å². The van der Waals surface area contributed by atoms with E-state index < -0.39 is 6.04 Å². The molecule has 0 aliphatic rings. The number of aliphatic hydroxyl groups is 1. The maximum Gasteiger partial charge on any atom is 0.394 e. The molecule has 0 saturated heterocycles. The van der Waals surface area contributed by atoms with E-state index in [1.807, 2.05) is 6.07 Å². The Labute approximate surface area is 86.5 Å². The van der Waals surface area contributed by atoms with Crippen molar-refractivity contribution >= 4 is 11.1 Å². The topological polar surface area (TPSA) is 81.5 Å². The van der Waals surface area contributed by atoms with Gasteiger partial charge in [0.2, 0.25) is 0 Å². The quantitative estimate of drug-likeness (QED) is 0.780. The molecule has 1 aromatic carbocycles. The molecule has 0 aliphatic heterocycles. The zero-order valence-electron chi connectivity index (χ0n) is 8.30. The van der Waals surface area contributed by atoms with Crippen LogP contribution in [0, 0.1) is 0 Å². The summed E-state index contributed by atoms with van der Waals surface area (Å²) in [4.78, 5) is 4.12. The second-order valence-corrected chi connectivity index (χ2v) is 3.17.